The number of carboxylic acids is 2. The number of alkyl halides is 6. The molecule has 1 unspecified atom stereocenters. The smallest absolute Gasteiger partial charge is 0.475 e. The molecule has 1 aliphatic carbocycles. The molecule has 0 radical (unpaired) electrons. The van der Waals surface area contributed by atoms with Crippen molar-refractivity contribution in [3.05, 3.63) is 29.6 Å². The molecule has 2 saturated heterocycles. The molecule has 3 aliphatic rings. The van der Waals surface area contributed by atoms with Gasteiger partial charge in [-0.15, -0.1) is 0 Å². The molecule has 4 rings (SSSR count). The van der Waals surface area contributed by atoms with Crippen LogP contribution in [0.4, 0.5) is 26.3 Å². The highest BCUT2D eigenvalue weighted by Gasteiger charge is 2.48. The molecule has 1 aromatic rings. The standard InChI is InChI=1S/C20H30N2O2.2C2HF3O2/c1-16-8-19(11-21-10-16)13-23-6-4-17-5-7-24-20(9-17)14-22(15-20)12-18-2-3-18;2*3-2(4,5)1(6)7/h8,10-11,17-18H,2-7,9,12-15H2,1H3;2*(H,6,7). The number of pyridine rings is 1. The van der Waals surface area contributed by atoms with Crippen LogP contribution < -0.4 is 0 Å². The molecule has 0 amide bonds. The molecule has 2 aliphatic heterocycles. The highest BCUT2D eigenvalue weighted by molar-refractivity contribution is 5.73. The van der Waals surface area contributed by atoms with Crippen LogP contribution in [0.5, 0.6) is 0 Å². The summed E-state index contributed by atoms with van der Waals surface area (Å²) < 4.78 is 75.5. The number of rotatable bonds is 7. The van der Waals surface area contributed by atoms with Gasteiger partial charge in [-0.05, 0) is 62.0 Å². The van der Waals surface area contributed by atoms with E-state index < -0.39 is 24.3 Å². The van der Waals surface area contributed by atoms with E-state index in [9.17, 15) is 26.3 Å². The Morgan fingerprint density at radius 3 is 2.13 bits per heavy atom. The Hall–Kier alpha value is -2.45. The lowest BCUT2D eigenvalue weighted by molar-refractivity contribution is -0.193. The third kappa shape index (κ3) is 11.5. The van der Waals surface area contributed by atoms with Crippen LogP contribution in [0.15, 0.2) is 18.5 Å². The van der Waals surface area contributed by atoms with Crippen LogP contribution >= 0.6 is 0 Å². The minimum atomic E-state index is -5.08. The van der Waals surface area contributed by atoms with Gasteiger partial charge < -0.3 is 19.7 Å². The number of carbonyl (C=O) groups is 2. The van der Waals surface area contributed by atoms with Gasteiger partial charge in [0.05, 0.1) is 12.2 Å². The van der Waals surface area contributed by atoms with Crippen LogP contribution in [-0.2, 0) is 25.7 Å². The molecular formula is C24H32F6N2O6. The van der Waals surface area contributed by atoms with Crippen molar-refractivity contribution >= 4 is 11.9 Å². The van der Waals surface area contributed by atoms with E-state index in [0.717, 1.165) is 44.6 Å². The minimum Gasteiger partial charge on any atom is -0.475 e. The number of hydrogen-bond acceptors (Lipinski definition) is 6. The fourth-order valence-electron chi connectivity index (χ4n) is 4.30. The van der Waals surface area contributed by atoms with Gasteiger partial charge in [0.2, 0.25) is 0 Å². The van der Waals surface area contributed by atoms with Crippen molar-refractivity contribution in [1.29, 1.82) is 0 Å². The number of aliphatic carboxylic acids is 2. The van der Waals surface area contributed by atoms with Gasteiger partial charge in [-0.1, -0.05) is 6.07 Å². The summed E-state index contributed by atoms with van der Waals surface area (Å²) in [6.45, 7) is 8.17. The second-order valence-corrected chi connectivity index (χ2v) is 9.82. The van der Waals surface area contributed by atoms with Crippen molar-refractivity contribution in [2.75, 3.05) is 32.8 Å². The molecule has 0 bridgehead atoms. The Balaban J connectivity index is 0.000000301. The zero-order chi connectivity index (χ0) is 28.6. The second kappa shape index (κ2) is 13.6. The average molecular weight is 559 g/mol. The quantitative estimate of drug-likeness (QED) is 0.373. The predicted octanol–water partition coefficient (Wildman–Crippen LogP) is 4.45. The molecule has 8 nitrogen and oxygen atoms in total. The van der Waals surface area contributed by atoms with Crippen molar-refractivity contribution in [1.82, 2.24) is 9.88 Å². The Morgan fingerprint density at radius 2 is 1.63 bits per heavy atom. The van der Waals surface area contributed by atoms with Crippen molar-refractivity contribution in [2.45, 2.75) is 63.6 Å². The molecular weight excluding hydrogens is 526 g/mol. The number of hydrogen-bond donors (Lipinski definition) is 2. The SMILES string of the molecule is Cc1cncc(COCCC2CCOC3(C2)CN(CC2CC2)C3)c1.O=C(O)C(F)(F)F.O=C(O)C(F)(F)F. The Kier molecular flexibility index (Phi) is 11.3. The van der Waals surface area contributed by atoms with E-state index in [2.05, 4.69) is 22.9 Å². The molecule has 2 N–H and O–H groups in total. The van der Waals surface area contributed by atoms with Crippen LogP contribution in [-0.4, -0.2) is 82.8 Å². The number of ether oxygens (including phenoxy) is 2. The van der Waals surface area contributed by atoms with Gasteiger partial charge in [0.15, 0.2) is 0 Å². The van der Waals surface area contributed by atoms with Crippen molar-refractivity contribution in [2.24, 2.45) is 11.8 Å². The summed E-state index contributed by atoms with van der Waals surface area (Å²) in [7, 11) is 0. The Bertz CT molecular complexity index is 892. The van der Waals surface area contributed by atoms with E-state index in [1.807, 2.05) is 12.4 Å². The van der Waals surface area contributed by atoms with Crippen molar-refractivity contribution < 1.29 is 55.6 Å². The first-order chi connectivity index (χ1) is 17.6. The van der Waals surface area contributed by atoms with E-state index in [0.29, 0.717) is 6.61 Å². The largest absolute Gasteiger partial charge is 0.490 e. The van der Waals surface area contributed by atoms with Gasteiger partial charge in [0, 0.05) is 45.2 Å². The molecule has 0 aromatic carbocycles. The molecule has 38 heavy (non-hydrogen) atoms. The summed E-state index contributed by atoms with van der Waals surface area (Å²) in [4.78, 5) is 24.6. The number of nitrogens with zero attached hydrogens (tertiary/aromatic N) is 2. The highest BCUT2D eigenvalue weighted by atomic mass is 19.4. The maximum Gasteiger partial charge on any atom is 0.490 e. The van der Waals surface area contributed by atoms with E-state index >= 15 is 0 Å². The maximum absolute atomic E-state index is 10.6. The number of aryl methyl sites for hydroxylation is 1. The summed E-state index contributed by atoms with van der Waals surface area (Å²) >= 11 is 0. The molecule has 1 spiro atoms. The molecule has 216 valence electrons. The topological polar surface area (TPSA) is 109 Å². The molecule has 1 saturated carbocycles. The molecule has 3 fully saturated rings. The fraction of sp³-hybridized carbons (Fsp3) is 0.708. The van der Waals surface area contributed by atoms with Crippen LogP contribution in [0.3, 0.4) is 0 Å². The van der Waals surface area contributed by atoms with Crippen molar-refractivity contribution in [3.63, 3.8) is 0 Å². The third-order valence-electron chi connectivity index (χ3n) is 6.19. The van der Waals surface area contributed by atoms with Crippen LogP contribution in [0.1, 0.15) is 43.2 Å². The lowest BCUT2D eigenvalue weighted by Crippen LogP contribution is -2.65. The van der Waals surface area contributed by atoms with Gasteiger partial charge in [0.1, 0.15) is 0 Å². The number of halogens is 6. The molecule has 1 aromatic heterocycles. The number of carboxylic acid groups (broad SMARTS) is 2. The zero-order valence-electron chi connectivity index (χ0n) is 20.9. The van der Waals surface area contributed by atoms with Gasteiger partial charge in [-0.25, -0.2) is 9.59 Å². The second-order valence-electron chi connectivity index (χ2n) is 9.82. The third-order valence-corrected chi connectivity index (χ3v) is 6.19. The van der Waals surface area contributed by atoms with Gasteiger partial charge in [0.25, 0.3) is 0 Å². The average Bonchev–Trinajstić information content (AvgIpc) is 3.60. The summed E-state index contributed by atoms with van der Waals surface area (Å²) in [5.41, 5.74) is 2.55. The van der Waals surface area contributed by atoms with Gasteiger partial charge in [-0.3, -0.25) is 9.88 Å². The number of aromatic nitrogens is 1. The minimum absolute atomic E-state index is 0.179. The summed E-state index contributed by atoms with van der Waals surface area (Å²) in [6, 6.07) is 2.15. The lowest BCUT2D eigenvalue weighted by atomic mass is 9.79. The maximum atomic E-state index is 10.6. The number of likely N-dealkylation sites (tertiary alicyclic amines) is 1. The molecule has 14 heteroatoms. The van der Waals surface area contributed by atoms with E-state index in [1.54, 1.807) is 0 Å². The van der Waals surface area contributed by atoms with Crippen molar-refractivity contribution in [3.8, 4) is 0 Å². The van der Waals surface area contributed by atoms with Crippen LogP contribution in [0.2, 0.25) is 0 Å². The Morgan fingerprint density at radius 1 is 1.05 bits per heavy atom. The monoisotopic (exact) mass is 558 g/mol. The van der Waals surface area contributed by atoms with Gasteiger partial charge in [-0.2, -0.15) is 26.3 Å². The van der Waals surface area contributed by atoms with E-state index in [1.165, 1.54) is 43.4 Å². The molecule has 1 atom stereocenters. The summed E-state index contributed by atoms with van der Waals surface area (Å²) in [6.07, 6.45) is 0.0904. The van der Waals surface area contributed by atoms with Crippen LogP contribution in [0, 0.1) is 18.8 Å². The van der Waals surface area contributed by atoms with E-state index in [-0.39, 0.29) is 5.60 Å². The summed E-state index contributed by atoms with van der Waals surface area (Å²) in [5, 5.41) is 14.2. The van der Waals surface area contributed by atoms with E-state index in [4.69, 9.17) is 29.3 Å². The Labute approximate surface area is 215 Å². The van der Waals surface area contributed by atoms with Gasteiger partial charge >= 0.3 is 24.3 Å². The highest BCUT2D eigenvalue weighted by Crippen LogP contribution is 2.40. The first-order valence-electron chi connectivity index (χ1n) is 12.0. The first-order valence-corrected chi connectivity index (χ1v) is 12.0. The first kappa shape index (κ1) is 31.8. The molecule has 3 heterocycles. The normalized spacial score (nSPS) is 20.9. The lowest BCUT2D eigenvalue weighted by Gasteiger charge is -2.53. The fourth-order valence-corrected chi connectivity index (χ4v) is 4.30. The van der Waals surface area contributed by atoms with Crippen LogP contribution in [0.25, 0.3) is 0 Å². The predicted molar refractivity (Wildman–Crippen MR) is 121 cm³/mol. The zero-order valence-corrected chi connectivity index (χ0v) is 20.9. The summed E-state index contributed by atoms with van der Waals surface area (Å²) in [5.74, 6) is -3.76.